The number of hydrogen-bond acceptors (Lipinski definition) is 0. The summed E-state index contributed by atoms with van der Waals surface area (Å²) in [7, 11) is 0. The Hall–Kier alpha value is -0.850. The SMILES string of the molecule is Cc1cc(F)ccc1C1CCC2(CC1)CC2. The Morgan fingerprint density at radius 2 is 1.81 bits per heavy atom. The molecule has 0 unspecified atom stereocenters. The largest absolute Gasteiger partial charge is 0.207 e. The molecule has 1 aromatic carbocycles. The molecule has 0 heterocycles. The molecule has 86 valence electrons. The van der Waals surface area contributed by atoms with Crippen molar-refractivity contribution in [1.29, 1.82) is 0 Å². The average Bonchev–Trinajstić information content (AvgIpc) is 3.00. The first-order chi connectivity index (χ1) is 7.69. The maximum absolute atomic E-state index is 13.0. The lowest BCUT2D eigenvalue weighted by Crippen LogP contribution is -2.14. The number of rotatable bonds is 1. The Morgan fingerprint density at radius 3 is 2.38 bits per heavy atom. The molecule has 2 aliphatic carbocycles. The standard InChI is InChI=1S/C15H19F/c1-11-10-13(16)2-3-14(11)12-4-6-15(7-5-12)8-9-15/h2-3,10,12H,4-9H2,1H3. The van der Waals surface area contributed by atoms with E-state index in [-0.39, 0.29) is 5.82 Å². The highest BCUT2D eigenvalue weighted by molar-refractivity contribution is 5.30. The first-order valence-corrected chi connectivity index (χ1v) is 6.45. The van der Waals surface area contributed by atoms with E-state index >= 15 is 0 Å². The van der Waals surface area contributed by atoms with E-state index in [4.69, 9.17) is 0 Å². The zero-order valence-electron chi connectivity index (χ0n) is 9.93. The molecule has 0 aromatic heterocycles. The van der Waals surface area contributed by atoms with E-state index < -0.39 is 0 Å². The van der Waals surface area contributed by atoms with Crippen LogP contribution in [-0.2, 0) is 0 Å². The van der Waals surface area contributed by atoms with Crippen LogP contribution in [0.1, 0.15) is 55.6 Å². The molecule has 1 aromatic rings. The van der Waals surface area contributed by atoms with Crippen LogP contribution in [0, 0.1) is 18.2 Å². The molecule has 1 heteroatoms. The Morgan fingerprint density at radius 1 is 1.12 bits per heavy atom. The average molecular weight is 218 g/mol. The van der Waals surface area contributed by atoms with Gasteiger partial charge in [0.25, 0.3) is 0 Å². The van der Waals surface area contributed by atoms with Gasteiger partial charge < -0.3 is 0 Å². The molecule has 3 rings (SSSR count). The van der Waals surface area contributed by atoms with Gasteiger partial charge in [0.2, 0.25) is 0 Å². The fourth-order valence-electron chi connectivity index (χ4n) is 3.32. The minimum absolute atomic E-state index is 0.101. The molecule has 0 N–H and O–H groups in total. The van der Waals surface area contributed by atoms with Crippen LogP contribution in [0.3, 0.4) is 0 Å². The van der Waals surface area contributed by atoms with Gasteiger partial charge in [-0.15, -0.1) is 0 Å². The van der Waals surface area contributed by atoms with Crippen molar-refractivity contribution in [2.45, 2.75) is 51.4 Å². The van der Waals surface area contributed by atoms with Gasteiger partial charge in [0.15, 0.2) is 0 Å². The third-order valence-electron chi connectivity index (χ3n) is 4.68. The lowest BCUT2D eigenvalue weighted by molar-refractivity contribution is 0.305. The van der Waals surface area contributed by atoms with Gasteiger partial charge in [-0.3, -0.25) is 0 Å². The second-order valence-corrected chi connectivity index (χ2v) is 5.78. The molecule has 2 aliphatic rings. The topological polar surface area (TPSA) is 0 Å². The summed E-state index contributed by atoms with van der Waals surface area (Å²) in [6, 6.07) is 5.29. The lowest BCUT2D eigenvalue weighted by atomic mass is 9.76. The molecule has 16 heavy (non-hydrogen) atoms. The highest BCUT2D eigenvalue weighted by Gasteiger charge is 2.44. The predicted molar refractivity (Wildman–Crippen MR) is 64.0 cm³/mol. The smallest absolute Gasteiger partial charge is 0.123 e. The van der Waals surface area contributed by atoms with E-state index in [1.807, 2.05) is 13.0 Å². The van der Waals surface area contributed by atoms with Crippen LogP contribution in [0.5, 0.6) is 0 Å². The summed E-state index contributed by atoms with van der Waals surface area (Å²) < 4.78 is 13.0. The Balaban J connectivity index is 1.77. The van der Waals surface area contributed by atoms with E-state index in [0.29, 0.717) is 5.92 Å². The second kappa shape index (κ2) is 3.58. The fraction of sp³-hybridized carbons (Fsp3) is 0.600. The summed E-state index contributed by atoms with van der Waals surface area (Å²) in [4.78, 5) is 0. The van der Waals surface area contributed by atoms with Gasteiger partial charge >= 0.3 is 0 Å². The van der Waals surface area contributed by atoms with Crippen molar-refractivity contribution < 1.29 is 4.39 Å². The molecule has 0 radical (unpaired) electrons. The molecule has 0 saturated heterocycles. The quantitative estimate of drug-likeness (QED) is 0.647. The van der Waals surface area contributed by atoms with Crippen molar-refractivity contribution in [1.82, 2.24) is 0 Å². The van der Waals surface area contributed by atoms with E-state index in [1.165, 1.54) is 44.1 Å². The summed E-state index contributed by atoms with van der Waals surface area (Å²) >= 11 is 0. The summed E-state index contributed by atoms with van der Waals surface area (Å²) in [6.07, 6.45) is 8.34. The van der Waals surface area contributed by atoms with Crippen molar-refractivity contribution in [2.24, 2.45) is 5.41 Å². The van der Waals surface area contributed by atoms with E-state index in [9.17, 15) is 4.39 Å². The predicted octanol–water partition coefficient (Wildman–Crippen LogP) is 4.57. The molecule has 0 aliphatic heterocycles. The fourth-order valence-corrected chi connectivity index (χ4v) is 3.32. The maximum atomic E-state index is 13.0. The zero-order chi connectivity index (χ0) is 11.2. The van der Waals surface area contributed by atoms with Crippen molar-refractivity contribution in [2.75, 3.05) is 0 Å². The second-order valence-electron chi connectivity index (χ2n) is 5.78. The van der Waals surface area contributed by atoms with Gasteiger partial charge in [-0.25, -0.2) is 4.39 Å². The third kappa shape index (κ3) is 1.77. The number of aryl methyl sites for hydroxylation is 1. The van der Waals surface area contributed by atoms with Crippen molar-refractivity contribution >= 4 is 0 Å². The summed E-state index contributed by atoms with van der Waals surface area (Å²) in [5, 5.41) is 0. The summed E-state index contributed by atoms with van der Waals surface area (Å²) in [5.41, 5.74) is 3.28. The van der Waals surface area contributed by atoms with Gasteiger partial charge in [-0.1, -0.05) is 6.07 Å². The molecule has 1 spiro atoms. The maximum Gasteiger partial charge on any atom is 0.123 e. The van der Waals surface area contributed by atoms with Crippen molar-refractivity contribution in [3.05, 3.63) is 35.1 Å². The molecule has 0 amide bonds. The van der Waals surface area contributed by atoms with Crippen molar-refractivity contribution in [3.8, 4) is 0 Å². The van der Waals surface area contributed by atoms with Crippen molar-refractivity contribution in [3.63, 3.8) is 0 Å². The molecule has 2 fully saturated rings. The van der Waals surface area contributed by atoms with Gasteiger partial charge in [0.05, 0.1) is 0 Å². The highest BCUT2D eigenvalue weighted by Crippen LogP contribution is 2.58. The minimum atomic E-state index is -0.101. The van der Waals surface area contributed by atoms with E-state index in [2.05, 4.69) is 0 Å². The Kier molecular flexibility index (Phi) is 2.31. The van der Waals surface area contributed by atoms with Crippen LogP contribution >= 0.6 is 0 Å². The number of hydrogen-bond donors (Lipinski definition) is 0. The Bertz CT molecular complexity index is 394. The van der Waals surface area contributed by atoms with Gasteiger partial charge in [-0.2, -0.15) is 0 Å². The van der Waals surface area contributed by atoms with Crippen LogP contribution in [0.15, 0.2) is 18.2 Å². The van der Waals surface area contributed by atoms with Gasteiger partial charge in [0, 0.05) is 0 Å². The van der Waals surface area contributed by atoms with Crippen LogP contribution in [0.4, 0.5) is 4.39 Å². The molecular weight excluding hydrogens is 199 g/mol. The monoisotopic (exact) mass is 218 g/mol. The molecule has 0 nitrogen and oxygen atoms in total. The summed E-state index contributed by atoms with van der Waals surface area (Å²) in [6.45, 7) is 2.04. The molecule has 2 saturated carbocycles. The summed E-state index contributed by atoms with van der Waals surface area (Å²) in [5.74, 6) is 0.586. The Labute approximate surface area is 96.9 Å². The lowest BCUT2D eigenvalue weighted by Gasteiger charge is -2.29. The highest BCUT2D eigenvalue weighted by atomic mass is 19.1. The van der Waals surface area contributed by atoms with Crippen LogP contribution in [-0.4, -0.2) is 0 Å². The van der Waals surface area contributed by atoms with Crippen LogP contribution in [0.2, 0.25) is 0 Å². The molecule has 0 bridgehead atoms. The molecular formula is C15H19F. The van der Waals surface area contributed by atoms with Crippen LogP contribution in [0.25, 0.3) is 0 Å². The first-order valence-electron chi connectivity index (χ1n) is 6.45. The first kappa shape index (κ1) is 10.3. The zero-order valence-corrected chi connectivity index (χ0v) is 9.93. The number of halogens is 1. The van der Waals surface area contributed by atoms with E-state index in [0.717, 1.165) is 11.0 Å². The minimum Gasteiger partial charge on any atom is -0.207 e. The van der Waals surface area contributed by atoms with Gasteiger partial charge in [-0.05, 0) is 80.0 Å². The molecule has 0 atom stereocenters. The number of benzene rings is 1. The normalized spacial score (nSPS) is 23.6. The van der Waals surface area contributed by atoms with Gasteiger partial charge in [0.1, 0.15) is 5.82 Å². The third-order valence-corrected chi connectivity index (χ3v) is 4.68. The van der Waals surface area contributed by atoms with Crippen LogP contribution < -0.4 is 0 Å². The van der Waals surface area contributed by atoms with E-state index in [1.54, 1.807) is 12.1 Å².